The van der Waals surface area contributed by atoms with E-state index >= 15 is 0 Å². The van der Waals surface area contributed by atoms with E-state index in [1.807, 2.05) is 0 Å². The van der Waals surface area contributed by atoms with E-state index in [0.717, 1.165) is 35.7 Å². The highest BCUT2D eigenvalue weighted by Crippen LogP contribution is 2.49. The van der Waals surface area contributed by atoms with E-state index in [1.165, 1.54) is 54.2 Å². The van der Waals surface area contributed by atoms with Crippen molar-refractivity contribution in [3.05, 3.63) is 121 Å². The van der Waals surface area contributed by atoms with Gasteiger partial charge in [-0.2, -0.15) is 0 Å². The first-order valence-electron chi connectivity index (χ1n) is 16.0. The first kappa shape index (κ1) is 29.8. The van der Waals surface area contributed by atoms with E-state index in [0.29, 0.717) is 13.2 Å². The summed E-state index contributed by atoms with van der Waals surface area (Å²) in [6.07, 6.45) is 0. The van der Waals surface area contributed by atoms with Gasteiger partial charge in [0.2, 0.25) is 0 Å². The zero-order valence-electron chi connectivity index (χ0n) is 27.1. The van der Waals surface area contributed by atoms with Crippen molar-refractivity contribution in [2.75, 3.05) is 54.5 Å². The molecule has 0 saturated carbocycles. The number of hydrogen-bond acceptors (Lipinski definition) is 4. The van der Waals surface area contributed by atoms with Gasteiger partial charge in [0, 0.05) is 13.1 Å². The Balaban J connectivity index is 1.60. The summed E-state index contributed by atoms with van der Waals surface area (Å²) in [4.78, 5) is 4.28. The standard InChI is InChI=1S/C42H40N2O2/c1-43(2)21-23-45-39-27-37(41-33-17-9-5-13-29(33)25-30-14-6-10-18-34(30)41)38(28-40(39)46-24-22-44(3)4)42-35-19-11-7-15-31(35)26-32-16-8-12-20-36(32)42/h5-20,25-28H,21-24H2,1-4H3. The molecule has 0 saturated heterocycles. The van der Waals surface area contributed by atoms with Gasteiger partial charge in [0.25, 0.3) is 0 Å². The summed E-state index contributed by atoms with van der Waals surface area (Å²) < 4.78 is 13.2. The molecular weight excluding hydrogens is 564 g/mol. The molecule has 7 aromatic rings. The minimum atomic E-state index is 0.559. The fourth-order valence-corrected chi connectivity index (χ4v) is 6.48. The lowest BCUT2D eigenvalue weighted by Gasteiger charge is -2.23. The minimum Gasteiger partial charge on any atom is -0.488 e. The Kier molecular flexibility index (Phi) is 8.32. The smallest absolute Gasteiger partial charge is 0.161 e. The second-order valence-corrected chi connectivity index (χ2v) is 12.5. The van der Waals surface area contributed by atoms with Crippen molar-refractivity contribution in [1.82, 2.24) is 9.80 Å². The van der Waals surface area contributed by atoms with E-state index in [2.05, 4.69) is 159 Å². The van der Waals surface area contributed by atoms with Gasteiger partial charge in [0.15, 0.2) is 11.5 Å². The molecule has 0 unspecified atom stereocenters. The summed E-state index contributed by atoms with van der Waals surface area (Å²) in [6, 6.07) is 44.0. The lowest BCUT2D eigenvalue weighted by Crippen LogP contribution is -2.21. The summed E-state index contributed by atoms with van der Waals surface area (Å²) in [5, 5.41) is 9.72. The number of fused-ring (bicyclic) bond motifs is 4. The van der Waals surface area contributed by atoms with Crippen LogP contribution >= 0.6 is 0 Å². The molecule has 0 heterocycles. The van der Waals surface area contributed by atoms with Crippen molar-refractivity contribution >= 4 is 43.1 Å². The molecule has 4 heteroatoms. The third-order valence-electron chi connectivity index (χ3n) is 8.76. The molecule has 0 aliphatic heterocycles. The third kappa shape index (κ3) is 5.78. The average Bonchev–Trinajstić information content (AvgIpc) is 3.06. The Bertz CT molecular complexity index is 1920. The van der Waals surface area contributed by atoms with Crippen LogP contribution in [-0.4, -0.2) is 64.3 Å². The normalized spacial score (nSPS) is 11.8. The van der Waals surface area contributed by atoms with Crippen LogP contribution in [0.5, 0.6) is 11.5 Å². The molecule has 0 aliphatic rings. The van der Waals surface area contributed by atoms with Gasteiger partial charge < -0.3 is 19.3 Å². The largest absolute Gasteiger partial charge is 0.488 e. The zero-order chi connectivity index (χ0) is 31.6. The van der Waals surface area contributed by atoms with Crippen molar-refractivity contribution in [2.24, 2.45) is 0 Å². The lowest BCUT2D eigenvalue weighted by atomic mass is 9.84. The summed E-state index contributed by atoms with van der Waals surface area (Å²) >= 11 is 0. The summed E-state index contributed by atoms with van der Waals surface area (Å²) in [5.74, 6) is 1.53. The van der Waals surface area contributed by atoms with E-state index < -0.39 is 0 Å². The maximum absolute atomic E-state index is 6.58. The molecule has 230 valence electrons. The van der Waals surface area contributed by atoms with Crippen LogP contribution in [0.1, 0.15) is 0 Å². The first-order chi connectivity index (χ1) is 22.5. The van der Waals surface area contributed by atoms with Crippen LogP contribution in [0.2, 0.25) is 0 Å². The Morgan fingerprint density at radius 2 is 0.717 bits per heavy atom. The molecule has 46 heavy (non-hydrogen) atoms. The molecule has 0 aliphatic carbocycles. The van der Waals surface area contributed by atoms with Gasteiger partial charge in [-0.25, -0.2) is 0 Å². The van der Waals surface area contributed by atoms with Gasteiger partial charge in [-0.05, 0) is 118 Å². The lowest BCUT2D eigenvalue weighted by molar-refractivity contribution is 0.227. The quantitative estimate of drug-likeness (QED) is 0.145. The van der Waals surface area contributed by atoms with Crippen LogP contribution in [0.25, 0.3) is 65.3 Å². The predicted octanol–water partition coefficient (Wildman–Crippen LogP) is 9.51. The summed E-state index contributed by atoms with van der Waals surface area (Å²) in [6.45, 7) is 2.73. The SMILES string of the molecule is CN(C)CCOc1cc(-c2c3ccccc3cc3ccccc23)c(-c2c3ccccc3cc3ccccc23)cc1OCCN(C)C. The van der Waals surface area contributed by atoms with Crippen molar-refractivity contribution < 1.29 is 9.47 Å². The Morgan fingerprint density at radius 1 is 0.413 bits per heavy atom. The van der Waals surface area contributed by atoms with Crippen LogP contribution in [0.15, 0.2) is 121 Å². The van der Waals surface area contributed by atoms with Gasteiger partial charge in [-0.1, -0.05) is 97.1 Å². The molecule has 0 spiro atoms. The predicted molar refractivity (Wildman–Crippen MR) is 195 cm³/mol. The van der Waals surface area contributed by atoms with Crippen molar-refractivity contribution in [1.29, 1.82) is 0 Å². The third-order valence-corrected chi connectivity index (χ3v) is 8.76. The highest BCUT2D eigenvalue weighted by atomic mass is 16.5. The van der Waals surface area contributed by atoms with E-state index in [1.54, 1.807) is 0 Å². The highest BCUT2D eigenvalue weighted by molar-refractivity contribution is 6.19. The van der Waals surface area contributed by atoms with Crippen LogP contribution in [0, 0.1) is 0 Å². The molecule has 7 rings (SSSR count). The van der Waals surface area contributed by atoms with Crippen LogP contribution in [-0.2, 0) is 0 Å². The number of likely N-dealkylation sites (N-methyl/N-ethyl adjacent to an activating group) is 2. The highest BCUT2D eigenvalue weighted by Gasteiger charge is 2.22. The molecule has 0 fully saturated rings. The first-order valence-corrected chi connectivity index (χ1v) is 16.0. The van der Waals surface area contributed by atoms with Crippen LogP contribution in [0.3, 0.4) is 0 Å². The molecule has 0 amide bonds. The van der Waals surface area contributed by atoms with Crippen molar-refractivity contribution in [3.8, 4) is 33.8 Å². The molecule has 0 aromatic heterocycles. The number of benzene rings is 7. The number of hydrogen-bond donors (Lipinski definition) is 0. The number of ether oxygens (including phenoxy) is 2. The molecule has 0 atom stereocenters. The fraction of sp³-hybridized carbons (Fsp3) is 0.190. The van der Waals surface area contributed by atoms with Gasteiger partial charge in [-0.15, -0.1) is 0 Å². The number of rotatable bonds is 10. The van der Waals surface area contributed by atoms with Crippen molar-refractivity contribution in [3.63, 3.8) is 0 Å². The topological polar surface area (TPSA) is 24.9 Å². The summed E-state index contributed by atoms with van der Waals surface area (Å²) in [5.41, 5.74) is 4.68. The monoisotopic (exact) mass is 604 g/mol. The van der Waals surface area contributed by atoms with Crippen LogP contribution < -0.4 is 9.47 Å². The maximum atomic E-state index is 6.58. The van der Waals surface area contributed by atoms with E-state index in [-0.39, 0.29) is 0 Å². The van der Waals surface area contributed by atoms with Crippen LogP contribution in [0.4, 0.5) is 0 Å². The molecule has 7 aromatic carbocycles. The van der Waals surface area contributed by atoms with Gasteiger partial charge >= 0.3 is 0 Å². The fourth-order valence-electron chi connectivity index (χ4n) is 6.48. The van der Waals surface area contributed by atoms with Gasteiger partial charge in [0.1, 0.15) is 13.2 Å². The molecule has 0 N–H and O–H groups in total. The van der Waals surface area contributed by atoms with Gasteiger partial charge in [-0.3, -0.25) is 0 Å². The average molecular weight is 605 g/mol. The molecule has 0 radical (unpaired) electrons. The second kappa shape index (κ2) is 12.8. The van der Waals surface area contributed by atoms with Gasteiger partial charge in [0.05, 0.1) is 0 Å². The molecule has 0 bridgehead atoms. The Morgan fingerprint density at radius 3 is 1.02 bits per heavy atom. The second-order valence-electron chi connectivity index (χ2n) is 12.5. The maximum Gasteiger partial charge on any atom is 0.161 e. The Labute approximate surface area is 271 Å². The van der Waals surface area contributed by atoms with E-state index in [9.17, 15) is 0 Å². The minimum absolute atomic E-state index is 0.559. The Hall–Kier alpha value is -4.90. The molecule has 4 nitrogen and oxygen atoms in total. The van der Waals surface area contributed by atoms with Crippen molar-refractivity contribution in [2.45, 2.75) is 0 Å². The zero-order valence-corrected chi connectivity index (χ0v) is 27.1. The molecular formula is C42H40N2O2. The van der Waals surface area contributed by atoms with E-state index in [4.69, 9.17) is 9.47 Å². The summed E-state index contributed by atoms with van der Waals surface area (Å²) in [7, 11) is 8.28. The number of nitrogens with zero attached hydrogens (tertiary/aromatic N) is 2.